The van der Waals surface area contributed by atoms with E-state index in [4.69, 9.17) is 23.7 Å². The number of ether oxygens (including phenoxy) is 5. The van der Waals surface area contributed by atoms with Crippen LogP contribution in [0.5, 0.6) is 5.75 Å². The highest BCUT2D eigenvalue weighted by atomic mass is 16.7. The summed E-state index contributed by atoms with van der Waals surface area (Å²) in [6.07, 6.45) is -0.404. The Morgan fingerprint density at radius 1 is 1.07 bits per heavy atom. The highest BCUT2D eigenvalue weighted by Crippen LogP contribution is 2.18. The van der Waals surface area contributed by atoms with E-state index in [0.29, 0.717) is 5.75 Å². The van der Waals surface area contributed by atoms with Crippen molar-refractivity contribution in [1.82, 2.24) is 4.90 Å². The Morgan fingerprint density at radius 3 is 2.21 bits per heavy atom. The van der Waals surface area contributed by atoms with Crippen molar-refractivity contribution in [2.75, 3.05) is 34.4 Å². The molecule has 0 aromatic heterocycles. The molecule has 0 saturated carbocycles. The molecular formula is C20H31NO7. The van der Waals surface area contributed by atoms with E-state index in [1.807, 2.05) is 12.1 Å². The number of hydrogen-bond acceptors (Lipinski definition) is 7. The topological polar surface area (TPSA) is 83.5 Å². The summed E-state index contributed by atoms with van der Waals surface area (Å²) in [4.78, 5) is 26.5. The SMILES string of the molecule is CCOC(=O)[C@H](Cc1ccc(OCOC)cc1)N(COC)C(=O)OC(C)(C)C. The number of esters is 1. The number of amides is 1. The predicted molar refractivity (Wildman–Crippen MR) is 103 cm³/mol. The number of carbonyl (C=O) groups is 2. The van der Waals surface area contributed by atoms with Crippen molar-refractivity contribution in [3.8, 4) is 5.75 Å². The lowest BCUT2D eigenvalue weighted by Gasteiger charge is -2.31. The molecule has 1 aromatic carbocycles. The average Bonchev–Trinajstić information content (AvgIpc) is 2.62. The summed E-state index contributed by atoms with van der Waals surface area (Å²) in [6, 6.07) is 6.28. The maximum atomic E-state index is 12.6. The first kappa shape index (κ1) is 23.7. The molecule has 0 aliphatic carbocycles. The Kier molecular flexibility index (Phi) is 9.75. The Labute approximate surface area is 166 Å². The third-order valence-electron chi connectivity index (χ3n) is 3.53. The molecule has 0 radical (unpaired) electrons. The minimum absolute atomic E-state index is 0.104. The molecule has 28 heavy (non-hydrogen) atoms. The standard InChI is InChI=1S/C20H31NO7/c1-7-26-18(22)17(21(13-24-5)19(23)28-20(2,3)4)12-15-8-10-16(11-9-15)27-14-25-6/h8-11,17H,7,12-14H2,1-6H3/t17-/m0/s1. The van der Waals surface area contributed by atoms with Gasteiger partial charge in [0.05, 0.1) is 6.61 Å². The average molecular weight is 397 g/mol. The van der Waals surface area contributed by atoms with Gasteiger partial charge in [0.1, 0.15) is 24.1 Å². The van der Waals surface area contributed by atoms with Gasteiger partial charge in [-0.15, -0.1) is 0 Å². The Morgan fingerprint density at radius 2 is 1.71 bits per heavy atom. The van der Waals surface area contributed by atoms with Crippen LogP contribution in [-0.4, -0.2) is 63.0 Å². The van der Waals surface area contributed by atoms with E-state index >= 15 is 0 Å². The first-order chi connectivity index (χ1) is 13.2. The molecule has 1 aromatic rings. The van der Waals surface area contributed by atoms with Crippen molar-refractivity contribution < 1.29 is 33.3 Å². The third-order valence-corrected chi connectivity index (χ3v) is 3.53. The highest BCUT2D eigenvalue weighted by molar-refractivity contribution is 5.82. The van der Waals surface area contributed by atoms with Crippen LogP contribution >= 0.6 is 0 Å². The number of hydrogen-bond donors (Lipinski definition) is 0. The van der Waals surface area contributed by atoms with E-state index in [-0.39, 0.29) is 26.6 Å². The number of benzene rings is 1. The number of methoxy groups -OCH3 is 2. The van der Waals surface area contributed by atoms with Gasteiger partial charge in [0.15, 0.2) is 6.79 Å². The Bertz CT molecular complexity index is 610. The molecule has 0 N–H and O–H groups in total. The van der Waals surface area contributed by atoms with Crippen molar-refractivity contribution in [2.45, 2.75) is 45.8 Å². The van der Waals surface area contributed by atoms with Gasteiger partial charge in [-0.2, -0.15) is 0 Å². The van der Waals surface area contributed by atoms with Crippen molar-refractivity contribution in [3.63, 3.8) is 0 Å². The van der Waals surface area contributed by atoms with Crippen LogP contribution < -0.4 is 4.74 Å². The summed E-state index contributed by atoms with van der Waals surface area (Å²) in [6.45, 7) is 7.23. The van der Waals surface area contributed by atoms with Gasteiger partial charge in [0, 0.05) is 20.6 Å². The smallest absolute Gasteiger partial charge is 0.412 e. The molecule has 8 nitrogen and oxygen atoms in total. The molecule has 0 aliphatic rings. The van der Waals surface area contributed by atoms with Crippen LogP contribution in [0.3, 0.4) is 0 Å². The van der Waals surface area contributed by atoms with Gasteiger partial charge in [-0.3, -0.25) is 4.90 Å². The van der Waals surface area contributed by atoms with Crippen molar-refractivity contribution in [3.05, 3.63) is 29.8 Å². The van der Waals surface area contributed by atoms with E-state index in [2.05, 4.69) is 0 Å². The van der Waals surface area contributed by atoms with Crippen LogP contribution in [0.2, 0.25) is 0 Å². The molecule has 1 atom stereocenters. The zero-order valence-electron chi connectivity index (χ0n) is 17.5. The van der Waals surface area contributed by atoms with E-state index in [9.17, 15) is 9.59 Å². The van der Waals surface area contributed by atoms with Crippen LogP contribution in [0.25, 0.3) is 0 Å². The number of nitrogens with zero attached hydrogens (tertiary/aromatic N) is 1. The molecule has 1 rings (SSSR count). The molecule has 0 heterocycles. The fourth-order valence-corrected chi connectivity index (χ4v) is 2.36. The summed E-state index contributed by atoms with van der Waals surface area (Å²) in [5.41, 5.74) is 0.121. The van der Waals surface area contributed by atoms with Crippen LogP contribution in [0, 0.1) is 0 Å². The third kappa shape index (κ3) is 8.14. The van der Waals surface area contributed by atoms with Gasteiger partial charge < -0.3 is 23.7 Å². The first-order valence-corrected chi connectivity index (χ1v) is 9.07. The lowest BCUT2D eigenvalue weighted by molar-refractivity contribution is -0.151. The van der Waals surface area contributed by atoms with E-state index in [1.54, 1.807) is 46.9 Å². The zero-order chi connectivity index (χ0) is 21.2. The summed E-state index contributed by atoms with van der Waals surface area (Å²) in [5, 5.41) is 0. The fraction of sp³-hybridized carbons (Fsp3) is 0.600. The second kappa shape index (κ2) is 11.5. The van der Waals surface area contributed by atoms with Crippen molar-refractivity contribution >= 4 is 12.1 Å². The van der Waals surface area contributed by atoms with Gasteiger partial charge in [-0.05, 0) is 45.4 Å². The summed E-state index contributed by atoms with van der Waals surface area (Å²) < 4.78 is 26.0. The van der Waals surface area contributed by atoms with E-state index in [0.717, 1.165) is 5.56 Å². The van der Waals surface area contributed by atoms with Crippen LogP contribution in [0.15, 0.2) is 24.3 Å². The summed E-state index contributed by atoms with van der Waals surface area (Å²) >= 11 is 0. The minimum atomic E-state index is -0.888. The van der Waals surface area contributed by atoms with E-state index < -0.39 is 23.7 Å². The van der Waals surface area contributed by atoms with Crippen LogP contribution in [0.1, 0.15) is 33.3 Å². The predicted octanol–water partition coefficient (Wildman–Crippen LogP) is 2.98. The second-order valence-electron chi connectivity index (χ2n) is 7.03. The maximum Gasteiger partial charge on any atom is 0.412 e. The lowest BCUT2D eigenvalue weighted by Crippen LogP contribution is -2.49. The summed E-state index contributed by atoms with van der Waals surface area (Å²) in [7, 11) is 2.99. The van der Waals surface area contributed by atoms with Crippen LogP contribution in [0.4, 0.5) is 4.79 Å². The normalized spacial score (nSPS) is 12.2. The fourth-order valence-electron chi connectivity index (χ4n) is 2.36. The molecule has 0 aliphatic heterocycles. The Balaban J connectivity index is 3.04. The van der Waals surface area contributed by atoms with E-state index in [1.165, 1.54) is 12.0 Å². The van der Waals surface area contributed by atoms with Gasteiger partial charge in [0.25, 0.3) is 0 Å². The van der Waals surface area contributed by atoms with Gasteiger partial charge in [-0.25, -0.2) is 9.59 Å². The zero-order valence-corrected chi connectivity index (χ0v) is 17.5. The van der Waals surface area contributed by atoms with Gasteiger partial charge in [0.2, 0.25) is 0 Å². The molecule has 0 unspecified atom stereocenters. The molecule has 0 saturated heterocycles. The monoisotopic (exact) mass is 397 g/mol. The van der Waals surface area contributed by atoms with Crippen molar-refractivity contribution in [2.24, 2.45) is 0 Å². The van der Waals surface area contributed by atoms with Crippen molar-refractivity contribution in [1.29, 1.82) is 0 Å². The molecule has 0 bridgehead atoms. The quantitative estimate of drug-likeness (QED) is 0.443. The minimum Gasteiger partial charge on any atom is -0.468 e. The molecule has 1 amide bonds. The molecule has 8 heteroatoms. The molecule has 0 spiro atoms. The lowest BCUT2D eigenvalue weighted by atomic mass is 10.0. The second-order valence-corrected chi connectivity index (χ2v) is 7.03. The maximum absolute atomic E-state index is 12.6. The first-order valence-electron chi connectivity index (χ1n) is 9.07. The molecule has 0 fully saturated rings. The summed E-state index contributed by atoms with van der Waals surface area (Å²) in [5.74, 6) is 0.115. The largest absolute Gasteiger partial charge is 0.468 e. The van der Waals surface area contributed by atoms with Gasteiger partial charge in [-0.1, -0.05) is 12.1 Å². The van der Waals surface area contributed by atoms with Crippen LogP contribution in [-0.2, 0) is 30.2 Å². The molecule has 158 valence electrons. The number of carbonyl (C=O) groups excluding carboxylic acids is 2. The molecular weight excluding hydrogens is 366 g/mol. The highest BCUT2D eigenvalue weighted by Gasteiger charge is 2.34. The van der Waals surface area contributed by atoms with Gasteiger partial charge >= 0.3 is 12.1 Å². The Hall–Kier alpha value is -2.32. The number of rotatable bonds is 10.